The molecule has 2 rings (SSSR count). The number of nitrogens with zero attached hydrogens (tertiary/aromatic N) is 2. The van der Waals surface area contributed by atoms with Crippen LogP contribution in [-0.4, -0.2) is 40.2 Å². The van der Waals surface area contributed by atoms with Gasteiger partial charge in [-0.25, -0.2) is 4.98 Å². The molecule has 7 heteroatoms. The number of aliphatic hydroxyl groups excluding tert-OH is 1. The lowest BCUT2D eigenvalue weighted by atomic mass is 10.2. The first-order chi connectivity index (χ1) is 9.90. The summed E-state index contributed by atoms with van der Waals surface area (Å²) < 4.78 is 42.3. The summed E-state index contributed by atoms with van der Waals surface area (Å²) in [6, 6.07) is 7.53. The van der Waals surface area contributed by atoms with E-state index in [0.29, 0.717) is 12.4 Å². The van der Waals surface area contributed by atoms with Crippen LogP contribution in [0.4, 0.5) is 13.2 Å². The van der Waals surface area contributed by atoms with Crippen LogP contribution in [0.15, 0.2) is 24.3 Å². The molecule has 1 unspecified atom stereocenters. The van der Waals surface area contributed by atoms with E-state index in [0.717, 1.165) is 11.0 Å². The number of ether oxygens (including phenoxy) is 1. The zero-order chi connectivity index (χ0) is 15.5. The Hall–Kier alpha value is -1.60. The highest BCUT2D eigenvalue weighted by molar-refractivity contribution is 5.75. The lowest BCUT2D eigenvalue weighted by Crippen LogP contribution is -2.25. The third-order valence-corrected chi connectivity index (χ3v) is 3.04. The predicted molar refractivity (Wildman–Crippen MR) is 72.0 cm³/mol. The number of alkyl halides is 3. The Balaban J connectivity index is 2.02. The number of aryl methyl sites for hydroxylation is 1. The number of benzene rings is 1. The first kappa shape index (κ1) is 15.8. The number of hydrogen-bond donors (Lipinski definition) is 1. The molecule has 1 aromatic heterocycles. The molecule has 4 nitrogen and oxygen atoms in total. The molecule has 2 aromatic rings. The van der Waals surface area contributed by atoms with Crippen molar-refractivity contribution in [1.29, 1.82) is 0 Å². The van der Waals surface area contributed by atoms with Crippen LogP contribution in [0.1, 0.15) is 12.7 Å². The van der Waals surface area contributed by atoms with Crippen molar-refractivity contribution in [3.8, 4) is 0 Å². The maximum atomic E-state index is 12.0. The van der Waals surface area contributed by atoms with Crippen LogP contribution in [0.25, 0.3) is 11.0 Å². The molecular weight excluding hydrogens is 285 g/mol. The number of fused-ring (bicyclic) bond motifs is 1. The molecule has 0 spiro atoms. The average molecular weight is 302 g/mol. The summed E-state index contributed by atoms with van der Waals surface area (Å²) in [4.78, 5) is 4.41. The topological polar surface area (TPSA) is 47.3 Å². The van der Waals surface area contributed by atoms with Gasteiger partial charge in [0.05, 0.1) is 23.7 Å². The minimum absolute atomic E-state index is 0.153. The Morgan fingerprint density at radius 2 is 2.05 bits per heavy atom. The van der Waals surface area contributed by atoms with Crippen LogP contribution >= 0.6 is 0 Å². The smallest absolute Gasteiger partial charge is 0.390 e. The Kier molecular flexibility index (Phi) is 4.84. The fraction of sp³-hybridized carbons (Fsp3) is 0.500. The molecule has 0 saturated heterocycles. The van der Waals surface area contributed by atoms with Crippen molar-refractivity contribution in [2.45, 2.75) is 32.2 Å². The number of halogens is 3. The predicted octanol–water partition coefficient (Wildman–Crippen LogP) is 2.54. The molecule has 1 aromatic carbocycles. The van der Waals surface area contributed by atoms with E-state index in [1.54, 1.807) is 0 Å². The normalized spacial score (nSPS) is 13.8. The van der Waals surface area contributed by atoms with Gasteiger partial charge in [0.2, 0.25) is 0 Å². The highest BCUT2D eigenvalue weighted by atomic mass is 19.4. The van der Waals surface area contributed by atoms with Crippen molar-refractivity contribution in [2.24, 2.45) is 0 Å². The lowest BCUT2D eigenvalue weighted by molar-refractivity contribution is -0.179. The van der Waals surface area contributed by atoms with Gasteiger partial charge in [0, 0.05) is 13.0 Å². The van der Waals surface area contributed by atoms with Crippen LogP contribution in [-0.2, 0) is 17.7 Å². The van der Waals surface area contributed by atoms with Crippen LogP contribution in [0.5, 0.6) is 0 Å². The molecule has 0 aliphatic carbocycles. The number of para-hydroxylation sites is 2. The molecule has 0 fully saturated rings. The lowest BCUT2D eigenvalue weighted by Gasteiger charge is -2.13. The summed E-state index contributed by atoms with van der Waals surface area (Å²) in [5.74, 6) is 0.641. The Morgan fingerprint density at radius 3 is 2.71 bits per heavy atom. The summed E-state index contributed by atoms with van der Waals surface area (Å²) in [6.45, 7) is 0.900. The quantitative estimate of drug-likeness (QED) is 0.892. The van der Waals surface area contributed by atoms with E-state index < -0.39 is 18.9 Å². The molecule has 0 radical (unpaired) electrons. The van der Waals surface area contributed by atoms with E-state index in [9.17, 15) is 18.3 Å². The highest BCUT2D eigenvalue weighted by Gasteiger charge is 2.28. The summed E-state index contributed by atoms with van der Waals surface area (Å²) in [6.07, 6.45) is -5.24. The molecule has 21 heavy (non-hydrogen) atoms. The molecule has 1 atom stereocenters. The van der Waals surface area contributed by atoms with Crippen LogP contribution in [0.2, 0.25) is 0 Å². The summed E-state index contributed by atoms with van der Waals surface area (Å²) >= 11 is 0. The van der Waals surface area contributed by atoms with Crippen molar-refractivity contribution in [1.82, 2.24) is 9.55 Å². The van der Waals surface area contributed by atoms with Gasteiger partial charge < -0.3 is 14.4 Å². The Labute approximate surface area is 120 Å². The molecule has 0 bridgehead atoms. The van der Waals surface area contributed by atoms with Crippen molar-refractivity contribution in [3.05, 3.63) is 30.1 Å². The minimum Gasteiger partial charge on any atom is -0.390 e. The van der Waals surface area contributed by atoms with Crippen LogP contribution < -0.4 is 0 Å². The van der Waals surface area contributed by atoms with E-state index in [2.05, 4.69) is 9.72 Å². The first-order valence-electron chi connectivity index (χ1n) is 6.67. The monoisotopic (exact) mass is 302 g/mol. The van der Waals surface area contributed by atoms with Crippen LogP contribution in [0, 0.1) is 0 Å². The van der Waals surface area contributed by atoms with Crippen molar-refractivity contribution < 1.29 is 23.0 Å². The molecular formula is C14H17F3N2O2. The maximum absolute atomic E-state index is 12.0. The van der Waals surface area contributed by atoms with Gasteiger partial charge in [-0.3, -0.25) is 0 Å². The summed E-state index contributed by atoms with van der Waals surface area (Å²) in [5, 5.41) is 9.80. The Bertz CT molecular complexity index is 595. The van der Waals surface area contributed by atoms with Gasteiger partial charge in [-0.05, 0) is 19.1 Å². The second-order valence-corrected chi connectivity index (χ2v) is 4.75. The van der Waals surface area contributed by atoms with E-state index in [1.807, 2.05) is 35.8 Å². The molecule has 0 aliphatic heterocycles. The fourth-order valence-electron chi connectivity index (χ4n) is 2.21. The maximum Gasteiger partial charge on any atom is 0.411 e. The largest absolute Gasteiger partial charge is 0.411 e. The van der Waals surface area contributed by atoms with Crippen molar-refractivity contribution >= 4 is 11.0 Å². The van der Waals surface area contributed by atoms with Gasteiger partial charge in [-0.15, -0.1) is 0 Å². The van der Waals surface area contributed by atoms with Gasteiger partial charge in [0.25, 0.3) is 0 Å². The summed E-state index contributed by atoms with van der Waals surface area (Å²) in [5.41, 5.74) is 1.75. The van der Waals surface area contributed by atoms with Gasteiger partial charge in [-0.1, -0.05) is 12.1 Å². The first-order valence-corrected chi connectivity index (χ1v) is 6.67. The number of aliphatic hydroxyl groups is 1. The highest BCUT2D eigenvalue weighted by Crippen LogP contribution is 2.18. The zero-order valence-electron chi connectivity index (χ0n) is 11.6. The van der Waals surface area contributed by atoms with E-state index in [1.165, 1.54) is 0 Å². The number of aromatic nitrogens is 2. The van der Waals surface area contributed by atoms with E-state index in [-0.39, 0.29) is 13.0 Å². The number of hydrogen-bond acceptors (Lipinski definition) is 3. The zero-order valence-corrected chi connectivity index (χ0v) is 11.6. The molecule has 0 aliphatic rings. The standard InChI is InChI=1S/C14H17F3N2O2/c1-2-19-12-6-4-3-5-11(12)18-13(19)7-10(20)8-21-9-14(15,16)17/h3-6,10,20H,2,7-9H2,1H3. The van der Waals surface area contributed by atoms with Gasteiger partial charge in [0.15, 0.2) is 0 Å². The second kappa shape index (κ2) is 6.44. The third-order valence-electron chi connectivity index (χ3n) is 3.04. The van der Waals surface area contributed by atoms with Gasteiger partial charge in [-0.2, -0.15) is 13.2 Å². The SMILES string of the molecule is CCn1c(CC(O)COCC(F)(F)F)nc2ccccc21. The average Bonchev–Trinajstić information content (AvgIpc) is 2.74. The number of rotatable bonds is 6. The second-order valence-electron chi connectivity index (χ2n) is 4.75. The molecule has 0 saturated carbocycles. The number of imidazole rings is 1. The van der Waals surface area contributed by atoms with Gasteiger partial charge in [0.1, 0.15) is 12.4 Å². The molecule has 116 valence electrons. The fourth-order valence-corrected chi connectivity index (χ4v) is 2.21. The third kappa shape index (κ3) is 4.18. The Morgan fingerprint density at radius 1 is 1.33 bits per heavy atom. The van der Waals surface area contributed by atoms with E-state index >= 15 is 0 Å². The minimum atomic E-state index is -4.38. The van der Waals surface area contributed by atoms with Crippen molar-refractivity contribution in [2.75, 3.05) is 13.2 Å². The molecule has 1 N–H and O–H groups in total. The van der Waals surface area contributed by atoms with Crippen LogP contribution in [0.3, 0.4) is 0 Å². The molecule has 0 amide bonds. The van der Waals surface area contributed by atoms with E-state index in [4.69, 9.17) is 0 Å². The van der Waals surface area contributed by atoms with Crippen molar-refractivity contribution in [3.63, 3.8) is 0 Å². The summed E-state index contributed by atoms with van der Waals surface area (Å²) in [7, 11) is 0. The van der Waals surface area contributed by atoms with Gasteiger partial charge >= 0.3 is 6.18 Å². The molecule has 1 heterocycles.